The molecule has 0 unspecified atom stereocenters. The maximum Gasteiger partial charge on any atom is 0.268 e. The first-order valence-corrected chi connectivity index (χ1v) is 13.1. The van der Waals surface area contributed by atoms with Gasteiger partial charge in [-0.25, -0.2) is 30.8 Å². The number of anilines is 1. The summed E-state index contributed by atoms with van der Waals surface area (Å²) in [7, 11) is -4.08. The van der Waals surface area contributed by atoms with Gasteiger partial charge < -0.3 is 14.4 Å². The van der Waals surface area contributed by atoms with Crippen LogP contribution in [0.5, 0.6) is 11.5 Å². The number of carbonyl (C=O) groups excluding carboxylic acids is 1. The second kappa shape index (κ2) is 8.82. The van der Waals surface area contributed by atoms with Gasteiger partial charge in [0.05, 0.1) is 28.2 Å². The topological polar surface area (TPSA) is 102 Å². The normalized spacial score (nSPS) is 19.9. The van der Waals surface area contributed by atoms with Gasteiger partial charge in [0.25, 0.3) is 5.91 Å². The van der Waals surface area contributed by atoms with E-state index in [1.807, 2.05) is 4.72 Å². The van der Waals surface area contributed by atoms with Gasteiger partial charge in [-0.1, -0.05) is 0 Å². The van der Waals surface area contributed by atoms with Crippen LogP contribution in [0.4, 0.5) is 18.9 Å². The van der Waals surface area contributed by atoms with Crippen LogP contribution in [0.15, 0.2) is 30.6 Å². The Labute approximate surface area is 211 Å². The van der Waals surface area contributed by atoms with Gasteiger partial charge >= 0.3 is 0 Å². The molecule has 1 fully saturated rings. The molecule has 4 heterocycles. The number of benzene rings is 1. The molecule has 9 nitrogen and oxygen atoms in total. The average molecular weight is 539 g/mol. The van der Waals surface area contributed by atoms with Crippen LogP contribution in [0, 0.1) is 11.6 Å². The number of aromatic nitrogens is 2. The van der Waals surface area contributed by atoms with Gasteiger partial charge in [-0.15, -0.1) is 0 Å². The van der Waals surface area contributed by atoms with E-state index in [9.17, 15) is 22.0 Å². The minimum atomic E-state index is -4.08. The molecule has 13 heteroatoms. The highest BCUT2D eigenvalue weighted by Crippen LogP contribution is 2.46. The largest absolute Gasteiger partial charge is 0.486 e. The Balaban J connectivity index is 1.57. The molecule has 2 aliphatic heterocycles. The van der Waals surface area contributed by atoms with Crippen LogP contribution in [-0.2, 0) is 10.0 Å². The highest BCUT2D eigenvalue weighted by Gasteiger charge is 2.39. The van der Waals surface area contributed by atoms with Crippen LogP contribution in [0.25, 0.3) is 5.52 Å². The van der Waals surface area contributed by atoms with Crippen molar-refractivity contribution in [2.24, 2.45) is 0 Å². The lowest BCUT2D eigenvalue weighted by Crippen LogP contribution is -2.42. The summed E-state index contributed by atoms with van der Waals surface area (Å²) in [6.45, 7) is 4.51. The maximum absolute atomic E-state index is 16.0. The highest BCUT2D eigenvalue weighted by atomic mass is 32.2. The van der Waals surface area contributed by atoms with Gasteiger partial charge in [0, 0.05) is 30.8 Å². The lowest BCUT2D eigenvalue weighted by molar-refractivity contribution is 0.0982. The lowest BCUT2D eigenvalue weighted by atomic mass is 10.0. The van der Waals surface area contributed by atoms with Gasteiger partial charge in [-0.2, -0.15) is 5.10 Å². The van der Waals surface area contributed by atoms with Gasteiger partial charge in [-0.3, -0.25) is 4.79 Å². The molecule has 37 heavy (non-hydrogen) atoms. The Bertz CT molecular complexity index is 1500. The molecule has 2 atom stereocenters. The third-order valence-corrected chi connectivity index (χ3v) is 8.50. The molecule has 1 N–H and O–H groups in total. The van der Waals surface area contributed by atoms with E-state index in [0.717, 1.165) is 10.7 Å². The van der Waals surface area contributed by atoms with Crippen molar-refractivity contribution in [1.29, 1.82) is 0 Å². The number of amides is 1. The van der Waals surface area contributed by atoms with Gasteiger partial charge in [0.1, 0.15) is 30.7 Å². The van der Waals surface area contributed by atoms with E-state index in [2.05, 4.69) is 5.10 Å². The Morgan fingerprint density at radius 2 is 1.92 bits per heavy atom. The Morgan fingerprint density at radius 1 is 1.19 bits per heavy atom. The molecule has 0 radical (unpaired) electrons. The summed E-state index contributed by atoms with van der Waals surface area (Å²) >= 11 is 0. The van der Waals surface area contributed by atoms with E-state index in [4.69, 9.17) is 9.47 Å². The van der Waals surface area contributed by atoms with Gasteiger partial charge in [0.15, 0.2) is 17.3 Å². The molecule has 3 aromatic rings. The van der Waals surface area contributed by atoms with E-state index in [1.54, 1.807) is 0 Å². The number of hydrogen-bond donors (Lipinski definition) is 1. The van der Waals surface area contributed by atoms with Gasteiger partial charge in [-0.05, 0) is 32.9 Å². The summed E-state index contributed by atoms with van der Waals surface area (Å²) in [5.74, 6) is -2.09. The van der Waals surface area contributed by atoms with Crippen LogP contribution >= 0.6 is 0 Å². The lowest BCUT2D eigenvalue weighted by Gasteiger charge is -2.30. The summed E-state index contributed by atoms with van der Waals surface area (Å²) < 4.78 is 83.1. The fraction of sp³-hybridized carbons (Fsp3) is 0.417. The van der Waals surface area contributed by atoms with Crippen molar-refractivity contribution >= 4 is 27.1 Å². The fourth-order valence-corrected chi connectivity index (χ4v) is 5.15. The van der Waals surface area contributed by atoms with Crippen molar-refractivity contribution in [1.82, 2.24) is 14.3 Å². The van der Waals surface area contributed by atoms with Crippen molar-refractivity contribution in [3.63, 3.8) is 0 Å². The first-order chi connectivity index (χ1) is 17.4. The second-order valence-electron chi connectivity index (χ2n) is 9.93. The molecule has 1 amide bonds. The molecule has 0 aliphatic carbocycles. The maximum atomic E-state index is 16.0. The van der Waals surface area contributed by atoms with E-state index >= 15 is 4.39 Å². The van der Waals surface area contributed by atoms with E-state index in [0.29, 0.717) is 5.56 Å². The first-order valence-electron chi connectivity index (χ1n) is 11.6. The number of ether oxygens (including phenoxy) is 2. The molecule has 198 valence electrons. The molecular formula is C24H25F3N4O5S. The molecule has 0 saturated carbocycles. The monoisotopic (exact) mass is 538 g/mol. The van der Waals surface area contributed by atoms with Gasteiger partial charge in [0.2, 0.25) is 10.0 Å². The SMILES string of the molecule is CC(C)(C)S(=O)(=O)NC(=O)c1cnn2ccc(N3C[C@@H](F)C[C@@H]3c3cc(F)cc4c3OCCO4)c(F)c12. The number of fused-ring (bicyclic) bond motifs is 2. The average Bonchev–Trinajstić information content (AvgIpc) is 3.42. The van der Waals surface area contributed by atoms with Crippen molar-refractivity contribution < 1.29 is 35.9 Å². The number of nitrogens with one attached hydrogen (secondary N) is 1. The minimum Gasteiger partial charge on any atom is -0.486 e. The molecule has 2 aliphatic rings. The summed E-state index contributed by atoms with van der Waals surface area (Å²) in [5.41, 5.74) is -0.321. The summed E-state index contributed by atoms with van der Waals surface area (Å²) in [4.78, 5) is 14.3. The molecule has 1 aromatic carbocycles. The van der Waals surface area contributed by atoms with Crippen LogP contribution in [0.2, 0.25) is 0 Å². The molecule has 2 aromatic heterocycles. The fourth-order valence-electron chi connectivity index (χ4n) is 4.49. The second-order valence-corrected chi connectivity index (χ2v) is 12.4. The predicted molar refractivity (Wildman–Crippen MR) is 128 cm³/mol. The Kier molecular flexibility index (Phi) is 6.00. The molecule has 0 bridgehead atoms. The summed E-state index contributed by atoms with van der Waals surface area (Å²) in [5, 5.41) is 3.96. The standard InChI is InChI=1S/C24H25F3N4O5S/c1-24(2,3)37(33,34)29-23(32)16-11-28-31-5-4-17(20(27)21(16)31)30-12-14(26)9-18(30)15-8-13(25)10-19-22(15)36-7-6-35-19/h4-5,8,10-11,14,18H,6-7,9,12H2,1-3H3,(H,29,32)/t14-,18+/m0/s1. The zero-order chi connectivity index (χ0) is 26.7. The number of sulfonamides is 1. The molecule has 0 spiro atoms. The number of pyridine rings is 1. The van der Waals surface area contributed by atoms with Crippen molar-refractivity contribution in [2.75, 3.05) is 24.7 Å². The zero-order valence-corrected chi connectivity index (χ0v) is 21.1. The smallest absolute Gasteiger partial charge is 0.268 e. The number of alkyl halides is 1. The third-order valence-electron chi connectivity index (χ3n) is 6.43. The van der Waals surface area contributed by atoms with E-state index in [-0.39, 0.29) is 54.4 Å². The van der Waals surface area contributed by atoms with Crippen LogP contribution in [0.3, 0.4) is 0 Å². The first kappa shape index (κ1) is 25.2. The zero-order valence-electron chi connectivity index (χ0n) is 20.3. The number of hydrogen-bond acceptors (Lipinski definition) is 7. The predicted octanol–water partition coefficient (Wildman–Crippen LogP) is 3.53. The van der Waals surface area contributed by atoms with Crippen molar-refractivity contribution in [2.45, 2.75) is 44.2 Å². The number of rotatable bonds is 4. The van der Waals surface area contributed by atoms with Crippen LogP contribution in [0.1, 0.15) is 49.2 Å². The van der Waals surface area contributed by atoms with Crippen molar-refractivity contribution in [3.8, 4) is 11.5 Å². The van der Waals surface area contributed by atoms with E-state index in [1.165, 1.54) is 50.1 Å². The number of halogens is 3. The Morgan fingerprint density at radius 3 is 2.65 bits per heavy atom. The summed E-state index contributed by atoms with van der Waals surface area (Å²) in [6.07, 6.45) is 1.03. The highest BCUT2D eigenvalue weighted by molar-refractivity contribution is 7.91. The van der Waals surface area contributed by atoms with Crippen LogP contribution in [-0.4, -0.2) is 54.6 Å². The van der Waals surface area contributed by atoms with E-state index < -0.39 is 44.5 Å². The number of nitrogens with zero attached hydrogens (tertiary/aromatic N) is 3. The van der Waals surface area contributed by atoms with Crippen molar-refractivity contribution in [3.05, 3.63) is 53.4 Å². The van der Waals surface area contributed by atoms with Crippen LogP contribution < -0.4 is 19.1 Å². The third kappa shape index (κ3) is 4.34. The molecule has 1 saturated heterocycles. The number of carbonyl (C=O) groups is 1. The summed E-state index contributed by atoms with van der Waals surface area (Å²) in [6, 6.07) is 2.98. The quantitative estimate of drug-likeness (QED) is 0.542. The Hall–Kier alpha value is -3.48. The minimum absolute atomic E-state index is 0.0550. The molecule has 5 rings (SSSR count). The molecular weight excluding hydrogens is 513 g/mol.